The third-order valence-corrected chi connectivity index (χ3v) is 10.1. The summed E-state index contributed by atoms with van der Waals surface area (Å²) in [5.41, 5.74) is 20.2. The van der Waals surface area contributed by atoms with Gasteiger partial charge in [0.25, 0.3) is 0 Å². The standard InChI is InChI=1S/C48H38N2/c1-4-31(2)45(29-49)34-14-18-36(19-15-34)47-41-11-7-8-12-42(41)48(37-20-16-35(17-21-37)46-30-50-26-25-32(46)3)44-28-40(23-24-43(44)47)39-22-13-33-9-5-6-10-38(33)27-39/h4-30H,49H2,1-3H3/b31-4-,45-29+. The molecule has 1 heterocycles. The van der Waals surface area contributed by atoms with Crippen LogP contribution < -0.4 is 5.73 Å². The van der Waals surface area contributed by atoms with Gasteiger partial charge in [0.05, 0.1) is 0 Å². The van der Waals surface area contributed by atoms with Crippen molar-refractivity contribution >= 4 is 37.9 Å². The summed E-state index contributed by atoms with van der Waals surface area (Å²) in [6, 6.07) is 51.1. The number of benzene rings is 7. The monoisotopic (exact) mass is 642 g/mol. The Hall–Kier alpha value is -6.25. The van der Waals surface area contributed by atoms with Crippen LogP contribution in [0.3, 0.4) is 0 Å². The zero-order valence-electron chi connectivity index (χ0n) is 28.6. The molecule has 240 valence electrons. The normalized spacial score (nSPS) is 12.2. The lowest BCUT2D eigenvalue weighted by Crippen LogP contribution is -1.94. The van der Waals surface area contributed by atoms with Crippen molar-refractivity contribution < 1.29 is 0 Å². The van der Waals surface area contributed by atoms with Crippen molar-refractivity contribution in [1.82, 2.24) is 4.98 Å². The molecule has 0 amide bonds. The van der Waals surface area contributed by atoms with Gasteiger partial charge in [0.2, 0.25) is 0 Å². The molecule has 2 nitrogen and oxygen atoms in total. The second-order valence-corrected chi connectivity index (χ2v) is 13.0. The Morgan fingerprint density at radius 2 is 1.12 bits per heavy atom. The molecule has 2 heteroatoms. The first-order valence-electron chi connectivity index (χ1n) is 17.2. The van der Waals surface area contributed by atoms with Crippen molar-refractivity contribution in [2.45, 2.75) is 20.8 Å². The van der Waals surface area contributed by atoms with E-state index in [9.17, 15) is 0 Å². The first-order chi connectivity index (χ1) is 24.5. The van der Waals surface area contributed by atoms with Crippen molar-refractivity contribution in [1.29, 1.82) is 0 Å². The van der Waals surface area contributed by atoms with Crippen LogP contribution in [0.5, 0.6) is 0 Å². The van der Waals surface area contributed by atoms with E-state index in [4.69, 9.17) is 5.73 Å². The van der Waals surface area contributed by atoms with E-state index in [1.54, 1.807) is 6.20 Å². The van der Waals surface area contributed by atoms with E-state index in [2.05, 4.69) is 164 Å². The first kappa shape index (κ1) is 31.0. The largest absolute Gasteiger partial charge is 0.404 e. The van der Waals surface area contributed by atoms with Gasteiger partial charge >= 0.3 is 0 Å². The Morgan fingerprint density at radius 1 is 0.560 bits per heavy atom. The predicted molar refractivity (Wildman–Crippen MR) is 215 cm³/mol. The fourth-order valence-corrected chi connectivity index (χ4v) is 7.36. The maximum Gasteiger partial charge on any atom is 0.0349 e. The maximum absolute atomic E-state index is 6.09. The van der Waals surface area contributed by atoms with Crippen LogP contribution in [0.15, 0.2) is 170 Å². The van der Waals surface area contributed by atoms with E-state index in [0.29, 0.717) is 0 Å². The lowest BCUT2D eigenvalue weighted by atomic mass is 9.84. The second-order valence-electron chi connectivity index (χ2n) is 13.0. The molecular formula is C48H38N2. The lowest BCUT2D eigenvalue weighted by Gasteiger charge is -2.19. The van der Waals surface area contributed by atoms with Crippen LogP contribution in [-0.4, -0.2) is 4.98 Å². The van der Waals surface area contributed by atoms with Crippen molar-refractivity contribution in [3.8, 4) is 44.5 Å². The van der Waals surface area contributed by atoms with Crippen molar-refractivity contribution in [3.05, 3.63) is 181 Å². The Balaban J connectivity index is 1.38. The molecule has 8 aromatic rings. The highest BCUT2D eigenvalue weighted by Crippen LogP contribution is 2.45. The minimum Gasteiger partial charge on any atom is -0.404 e. The van der Waals surface area contributed by atoms with Crippen LogP contribution in [0, 0.1) is 6.92 Å². The van der Waals surface area contributed by atoms with Gasteiger partial charge in [0.1, 0.15) is 0 Å². The second kappa shape index (κ2) is 13.0. The first-order valence-corrected chi connectivity index (χ1v) is 17.2. The molecule has 0 saturated carbocycles. The molecule has 0 atom stereocenters. The zero-order chi connectivity index (χ0) is 34.2. The molecule has 50 heavy (non-hydrogen) atoms. The third-order valence-electron chi connectivity index (χ3n) is 10.1. The third kappa shape index (κ3) is 5.45. The molecule has 8 rings (SSSR count). The lowest BCUT2D eigenvalue weighted by molar-refractivity contribution is 1.29. The quantitative estimate of drug-likeness (QED) is 0.145. The number of nitrogens with zero attached hydrogens (tertiary/aromatic N) is 1. The minimum absolute atomic E-state index is 1.05. The molecular weight excluding hydrogens is 605 g/mol. The molecule has 0 bridgehead atoms. The Bertz CT molecular complexity index is 2610. The fraction of sp³-hybridized carbons (Fsp3) is 0.0625. The molecule has 0 spiro atoms. The summed E-state index contributed by atoms with van der Waals surface area (Å²) in [7, 11) is 0. The molecule has 0 aliphatic carbocycles. The van der Waals surface area contributed by atoms with Gasteiger partial charge in [-0.25, -0.2) is 0 Å². The molecule has 0 fully saturated rings. The van der Waals surface area contributed by atoms with E-state index < -0.39 is 0 Å². The number of hydrogen-bond donors (Lipinski definition) is 1. The van der Waals surface area contributed by atoms with Gasteiger partial charge in [-0.3, -0.25) is 4.98 Å². The topological polar surface area (TPSA) is 38.9 Å². The van der Waals surface area contributed by atoms with Gasteiger partial charge in [-0.1, -0.05) is 127 Å². The van der Waals surface area contributed by atoms with Crippen LogP contribution in [0.2, 0.25) is 0 Å². The van der Waals surface area contributed by atoms with E-state index in [1.165, 1.54) is 76.8 Å². The number of pyridine rings is 1. The molecule has 1 aromatic heterocycles. The van der Waals surface area contributed by atoms with Crippen molar-refractivity contribution in [3.63, 3.8) is 0 Å². The average molecular weight is 643 g/mol. The van der Waals surface area contributed by atoms with E-state index >= 15 is 0 Å². The number of hydrogen-bond acceptors (Lipinski definition) is 2. The van der Waals surface area contributed by atoms with Gasteiger partial charge in [-0.05, 0) is 133 Å². The van der Waals surface area contributed by atoms with Crippen LogP contribution >= 0.6 is 0 Å². The van der Waals surface area contributed by atoms with Gasteiger partial charge in [0, 0.05) is 24.2 Å². The molecule has 0 radical (unpaired) electrons. The Kier molecular flexibility index (Phi) is 8.06. The van der Waals surface area contributed by atoms with Crippen LogP contribution in [0.1, 0.15) is 25.0 Å². The number of aromatic nitrogens is 1. The van der Waals surface area contributed by atoms with Crippen molar-refractivity contribution in [2.75, 3.05) is 0 Å². The predicted octanol–water partition coefficient (Wildman–Crippen LogP) is 12.8. The van der Waals surface area contributed by atoms with Gasteiger partial charge < -0.3 is 5.73 Å². The number of aryl methyl sites for hydroxylation is 1. The molecule has 0 saturated heterocycles. The summed E-state index contributed by atoms with van der Waals surface area (Å²) in [5.74, 6) is 0. The minimum atomic E-state index is 1.05. The van der Waals surface area contributed by atoms with Crippen LogP contribution in [0.4, 0.5) is 0 Å². The fourth-order valence-electron chi connectivity index (χ4n) is 7.36. The van der Waals surface area contributed by atoms with Crippen molar-refractivity contribution in [2.24, 2.45) is 5.73 Å². The van der Waals surface area contributed by atoms with Gasteiger partial charge in [-0.15, -0.1) is 0 Å². The number of rotatable bonds is 6. The van der Waals surface area contributed by atoms with Gasteiger partial charge in [-0.2, -0.15) is 0 Å². The summed E-state index contributed by atoms with van der Waals surface area (Å²) in [5, 5.41) is 7.40. The molecule has 0 unspecified atom stereocenters. The van der Waals surface area contributed by atoms with E-state index in [-0.39, 0.29) is 0 Å². The molecule has 2 N–H and O–H groups in total. The molecule has 0 aliphatic rings. The number of allylic oxidation sites excluding steroid dienone is 3. The highest BCUT2D eigenvalue weighted by Gasteiger charge is 2.18. The van der Waals surface area contributed by atoms with E-state index in [0.717, 1.165) is 22.3 Å². The Labute approximate surface area is 293 Å². The molecule has 7 aromatic carbocycles. The summed E-state index contributed by atoms with van der Waals surface area (Å²) < 4.78 is 0. The number of fused-ring (bicyclic) bond motifs is 3. The van der Waals surface area contributed by atoms with Gasteiger partial charge in [0.15, 0.2) is 0 Å². The summed E-state index contributed by atoms with van der Waals surface area (Å²) in [6.07, 6.45) is 7.62. The summed E-state index contributed by atoms with van der Waals surface area (Å²) >= 11 is 0. The maximum atomic E-state index is 6.09. The van der Waals surface area contributed by atoms with Crippen LogP contribution in [0.25, 0.3) is 82.4 Å². The highest BCUT2D eigenvalue weighted by atomic mass is 14.6. The highest BCUT2D eigenvalue weighted by molar-refractivity contribution is 6.22. The van der Waals surface area contributed by atoms with E-state index in [1.807, 2.05) is 19.3 Å². The SMILES string of the molecule is C/C=C(C)\C(=C/N)c1ccc(-c2c3ccccc3c(-c3ccc(-c4cnccc4C)cc3)c3cc(-c4ccc5ccccc5c4)ccc23)cc1. The smallest absolute Gasteiger partial charge is 0.0349 e. The zero-order valence-corrected chi connectivity index (χ0v) is 28.6. The summed E-state index contributed by atoms with van der Waals surface area (Å²) in [6.45, 7) is 6.29. The Morgan fingerprint density at radius 3 is 1.80 bits per heavy atom. The number of nitrogens with two attached hydrogens (primary N) is 1. The molecule has 0 aliphatic heterocycles. The summed E-state index contributed by atoms with van der Waals surface area (Å²) in [4.78, 5) is 4.40. The average Bonchev–Trinajstić information content (AvgIpc) is 3.17. The van der Waals surface area contributed by atoms with Crippen LogP contribution in [-0.2, 0) is 0 Å².